The van der Waals surface area contributed by atoms with Crippen molar-refractivity contribution in [2.45, 2.75) is 44.4 Å². The molecule has 0 aliphatic heterocycles. The molecule has 3 nitrogen and oxygen atoms in total. The Morgan fingerprint density at radius 3 is 2.46 bits per heavy atom. The maximum absolute atomic E-state index is 5.72. The van der Waals surface area contributed by atoms with Gasteiger partial charge in [-0.1, -0.05) is 30.8 Å². The Hall–Kier alpha value is -0.990. The van der Waals surface area contributed by atoms with Gasteiger partial charge in [-0.25, -0.2) is 0 Å². The Morgan fingerprint density at radius 1 is 1.23 bits per heavy atom. The summed E-state index contributed by atoms with van der Waals surface area (Å²) >= 11 is 0. The van der Waals surface area contributed by atoms with E-state index in [1.165, 1.54) is 38.5 Å². The standard InChI is InChI=1S/C10H16N2O/c11-10-9(7-13-12-10)8-5-3-1-2-4-6-8/h7-8H,1-6H2,(H2,11,12). The van der Waals surface area contributed by atoms with Crippen molar-refractivity contribution >= 4 is 5.82 Å². The van der Waals surface area contributed by atoms with Crippen molar-refractivity contribution in [3.63, 3.8) is 0 Å². The van der Waals surface area contributed by atoms with E-state index in [0.717, 1.165) is 5.56 Å². The molecule has 0 spiro atoms. The minimum absolute atomic E-state index is 0.590. The topological polar surface area (TPSA) is 52.0 Å². The van der Waals surface area contributed by atoms with Gasteiger partial charge in [0.05, 0.1) is 0 Å². The summed E-state index contributed by atoms with van der Waals surface area (Å²) in [6.45, 7) is 0. The summed E-state index contributed by atoms with van der Waals surface area (Å²) < 4.78 is 4.86. The van der Waals surface area contributed by atoms with Crippen molar-refractivity contribution < 1.29 is 4.52 Å². The predicted octanol–water partition coefficient (Wildman–Crippen LogP) is 2.69. The normalized spacial score (nSPS) is 20.0. The number of nitrogens with zero attached hydrogens (tertiary/aromatic N) is 1. The molecular weight excluding hydrogens is 164 g/mol. The van der Waals surface area contributed by atoms with Crippen molar-refractivity contribution in [3.8, 4) is 0 Å². The van der Waals surface area contributed by atoms with E-state index in [-0.39, 0.29) is 0 Å². The molecule has 1 saturated carbocycles. The third-order valence-corrected chi connectivity index (χ3v) is 2.92. The number of rotatable bonds is 1. The molecule has 2 N–H and O–H groups in total. The molecule has 1 aromatic heterocycles. The monoisotopic (exact) mass is 180 g/mol. The molecule has 2 rings (SSSR count). The molecule has 1 aliphatic rings. The Morgan fingerprint density at radius 2 is 1.92 bits per heavy atom. The molecule has 0 unspecified atom stereocenters. The molecule has 13 heavy (non-hydrogen) atoms. The van der Waals surface area contributed by atoms with Gasteiger partial charge >= 0.3 is 0 Å². The van der Waals surface area contributed by atoms with Crippen LogP contribution in [0.1, 0.15) is 50.0 Å². The van der Waals surface area contributed by atoms with Gasteiger partial charge in [0.1, 0.15) is 6.26 Å². The highest BCUT2D eigenvalue weighted by Crippen LogP contribution is 2.33. The molecule has 0 bridgehead atoms. The molecule has 0 aromatic carbocycles. The summed E-state index contributed by atoms with van der Waals surface area (Å²) in [5.74, 6) is 1.18. The van der Waals surface area contributed by atoms with Gasteiger partial charge in [0.25, 0.3) is 0 Å². The van der Waals surface area contributed by atoms with E-state index in [1.54, 1.807) is 6.26 Å². The second-order valence-corrected chi connectivity index (χ2v) is 3.84. The summed E-state index contributed by atoms with van der Waals surface area (Å²) in [6.07, 6.45) is 9.55. The lowest BCUT2D eigenvalue weighted by atomic mass is 9.94. The van der Waals surface area contributed by atoms with E-state index in [4.69, 9.17) is 10.3 Å². The van der Waals surface area contributed by atoms with E-state index < -0.39 is 0 Å². The van der Waals surface area contributed by atoms with E-state index in [9.17, 15) is 0 Å². The molecule has 1 heterocycles. The first-order chi connectivity index (χ1) is 6.38. The number of hydrogen-bond acceptors (Lipinski definition) is 3. The molecule has 0 radical (unpaired) electrons. The maximum atomic E-state index is 5.72. The molecule has 0 amide bonds. The van der Waals surface area contributed by atoms with Crippen LogP contribution in [0.2, 0.25) is 0 Å². The average molecular weight is 180 g/mol. The number of hydrogen-bond donors (Lipinski definition) is 1. The van der Waals surface area contributed by atoms with E-state index in [1.807, 2.05) is 0 Å². The van der Waals surface area contributed by atoms with Crippen molar-refractivity contribution in [2.75, 3.05) is 5.73 Å². The van der Waals surface area contributed by atoms with E-state index in [2.05, 4.69) is 5.16 Å². The van der Waals surface area contributed by atoms with Gasteiger partial charge in [-0.2, -0.15) is 0 Å². The molecule has 3 heteroatoms. The zero-order chi connectivity index (χ0) is 9.10. The van der Waals surface area contributed by atoms with Crippen molar-refractivity contribution in [2.24, 2.45) is 0 Å². The number of nitrogen functional groups attached to an aromatic ring is 1. The number of aromatic nitrogens is 1. The molecule has 1 aliphatic carbocycles. The summed E-state index contributed by atoms with van der Waals surface area (Å²) in [4.78, 5) is 0. The van der Waals surface area contributed by atoms with Gasteiger partial charge in [0, 0.05) is 5.56 Å². The molecular formula is C10H16N2O. The quantitative estimate of drug-likeness (QED) is 0.676. The van der Waals surface area contributed by atoms with Gasteiger partial charge in [0.2, 0.25) is 0 Å². The molecule has 72 valence electrons. The molecule has 0 atom stereocenters. The van der Waals surface area contributed by atoms with Crippen LogP contribution in [0.3, 0.4) is 0 Å². The van der Waals surface area contributed by atoms with Crippen LogP contribution in [-0.4, -0.2) is 5.16 Å². The third-order valence-electron chi connectivity index (χ3n) is 2.92. The largest absolute Gasteiger partial charge is 0.381 e. The van der Waals surface area contributed by atoms with Crippen molar-refractivity contribution in [1.82, 2.24) is 5.16 Å². The van der Waals surface area contributed by atoms with Crippen LogP contribution in [0.15, 0.2) is 10.8 Å². The smallest absolute Gasteiger partial charge is 0.170 e. The van der Waals surface area contributed by atoms with E-state index >= 15 is 0 Å². The zero-order valence-electron chi connectivity index (χ0n) is 7.83. The molecule has 0 saturated heterocycles. The summed E-state index contributed by atoms with van der Waals surface area (Å²) in [5.41, 5.74) is 6.84. The van der Waals surface area contributed by atoms with Crippen LogP contribution in [0.25, 0.3) is 0 Å². The summed E-state index contributed by atoms with van der Waals surface area (Å²) in [7, 11) is 0. The lowest BCUT2D eigenvalue weighted by molar-refractivity contribution is 0.420. The van der Waals surface area contributed by atoms with Crippen LogP contribution in [0, 0.1) is 0 Å². The fourth-order valence-corrected chi connectivity index (χ4v) is 2.15. The van der Waals surface area contributed by atoms with Crippen LogP contribution in [-0.2, 0) is 0 Å². The van der Waals surface area contributed by atoms with Crippen molar-refractivity contribution in [1.29, 1.82) is 0 Å². The Balaban J connectivity index is 2.10. The van der Waals surface area contributed by atoms with Gasteiger partial charge in [0.15, 0.2) is 5.82 Å². The third kappa shape index (κ3) is 1.85. The maximum Gasteiger partial charge on any atom is 0.170 e. The first-order valence-electron chi connectivity index (χ1n) is 5.07. The average Bonchev–Trinajstić information content (AvgIpc) is 2.43. The zero-order valence-corrected chi connectivity index (χ0v) is 7.83. The first-order valence-corrected chi connectivity index (χ1v) is 5.07. The Labute approximate surface area is 78.3 Å². The van der Waals surface area contributed by atoms with Crippen LogP contribution < -0.4 is 5.73 Å². The fourth-order valence-electron chi connectivity index (χ4n) is 2.15. The minimum atomic E-state index is 0.590. The lowest BCUT2D eigenvalue weighted by Crippen LogP contribution is -1.99. The van der Waals surface area contributed by atoms with Crippen LogP contribution in [0.5, 0.6) is 0 Å². The highest BCUT2D eigenvalue weighted by molar-refractivity contribution is 5.38. The SMILES string of the molecule is Nc1nocc1C1CCCCCC1. The Kier molecular flexibility index (Phi) is 2.52. The highest BCUT2D eigenvalue weighted by atomic mass is 16.5. The minimum Gasteiger partial charge on any atom is -0.381 e. The highest BCUT2D eigenvalue weighted by Gasteiger charge is 2.18. The number of anilines is 1. The van der Waals surface area contributed by atoms with Gasteiger partial charge in [-0.05, 0) is 18.8 Å². The lowest BCUT2D eigenvalue weighted by Gasteiger charge is -2.10. The second-order valence-electron chi connectivity index (χ2n) is 3.84. The molecule has 1 fully saturated rings. The van der Waals surface area contributed by atoms with Gasteiger partial charge in [-0.3, -0.25) is 0 Å². The van der Waals surface area contributed by atoms with Crippen LogP contribution >= 0.6 is 0 Å². The first kappa shape index (κ1) is 8.60. The molecule has 1 aromatic rings. The Bertz CT molecular complexity index is 262. The predicted molar refractivity (Wildman–Crippen MR) is 51.4 cm³/mol. The fraction of sp³-hybridized carbons (Fsp3) is 0.700. The van der Waals surface area contributed by atoms with Crippen LogP contribution in [0.4, 0.5) is 5.82 Å². The second kappa shape index (κ2) is 3.81. The summed E-state index contributed by atoms with van der Waals surface area (Å²) in [5, 5.41) is 3.73. The van der Waals surface area contributed by atoms with Gasteiger partial charge in [-0.15, -0.1) is 0 Å². The number of nitrogens with two attached hydrogens (primary N) is 1. The summed E-state index contributed by atoms with van der Waals surface area (Å²) in [6, 6.07) is 0. The van der Waals surface area contributed by atoms with Gasteiger partial charge < -0.3 is 10.3 Å². The van der Waals surface area contributed by atoms with E-state index in [0.29, 0.717) is 11.7 Å². The van der Waals surface area contributed by atoms with Crippen molar-refractivity contribution in [3.05, 3.63) is 11.8 Å².